The monoisotopic (exact) mass is 315 g/mol. The number of morpholine rings is 1. The highest BCUT2D eigenvalue weighted by Crippen LogP contribution is 2.30. The highest BCUT2D eigenvalue weighted by molar-refractivity contribution is 9.10. The number of aromatic nitrogens is 1. The summed E-state index contributed by atoms with van der Waals surface area (Å²) in [6.07, 6.45) is 1.66. The molecular formula is C11H14BrN3O3. The molecule has 0 saturated carbocycles. The molecule has 2 unspecified atom stereocenters. The summed E-state index contributed by atoms with van der Waals surface area (Å²) >= 11 is 3.20. The minimum absolute atomic E-state index is 0.0191. The zero-order chi connectivity index (χ0) is 13.3. The number of pyridine rings is 1. The number of hydrogen-bond donors (Lipinski definition) is 0. The van der Waals surface area contributed by atoms with Gasteiger partial charge in [0.05, 0.1) is 17.1 Å². The first kappa shape index (κ1) is 13.2. The van der Waals surface area contributed by atoms with Gasteiger partial charge in [-0.2, -0.15) is 0 Å². The molecule has 0 amide bonds. The Morgan fingerprint density at radius 1 is 1.50 bits per heavy atom. The van der Waals surface area contributed by atoms with E-state index in [2.05, 4.69) is 20.9 Å². The first-order valence-electron chi connectivity index (χ1n) is 5.67. The SMILES string of the molecule is CC1CN(c2ncc(Br)cc2[N+](=O)[O-])CC(C)O1. The highest BCUT2D eigenvalue weighted by atomic mass is 79.9. The molecule has 98 valence electrons. The molecule has 7 heteroatoms. The molecule has 2 heterocycles. The van der Waals surface area contributed by atoms with Gasteiger partial charge in [-0.3, -0.25) is 10.1 Å². The molecule has 0 N–H and O–H groups in total. The summed E-state index contributed by atoms with van der Waals surface area (Å²) in [4.78, 5) is 16.7. The van der Waals surface area contributed by atoms with Crippen LogP contribution in [0.1, 0.15) is 13.8 Å². The second kappa shape index (κ2) is 5.19. The van der Waals surface area contributed by atoms with Crippen LogP contribution in [0.2, 0.25) is 0 Å². The Kier molecular flexibility index (Phi) is 3.82. The van der Waals surface area contributed by atoms with E-state index in [9.17, 15) is 10.1 Å². The maximum Gasteiger partial charge on any atom is 0.312 e. The predicted octanol–water partition coefficient (Wildman–Crippen LogP) is 2.37. The van der Waals surface area contributed by atoms with E-state index in [4.69, 9.17) is 4.74 Å². The van der Waals surface area contributed by atoms with Gasteiger partial charge < -0.3 is 9.64 Å². The molecule has 1 aromatic heterocycles. The lowest BCUT2D eigenvalue weighted by molar-refractivity contribution is -0.384. The molecule has 1 aliphatic rings. The summed E-state index contributed by atoms with van der Waals surface area (Å²) in [5, 5.41) is 11.1. The fraction of sp³-hybridized carbons (Fsp3) is 0.545. The molecule has 0 bridgehead atoms. The minimum Gasteiger partial charge on any atom is -0.372 e. The molecule has 6 nitrogen and oxygen atoms in total. The van der Waals surface area contributed by atoms with Crippen molar-refractivity contribution in [2.24, 2.45) is 0 Å². The van der Waals surface area contributed by atoms with E-state index in [1.54, 1.807) is 6.20 Å². The molecule has 0 radical (unpaired) electrons. The normalized spacial score (nSPS) is 24.1. The fourth-order valence-electron chi connectivity index (χ4n) is 2.15. The van der Waals surface area contributed by atoms with Crippen LogP contribution in [0, 0.1) is 10.1 Å². The number of nitrogens with zero attached hydrogens (tertiary/aromatic N) is 3. The molecular weight excluding hydrogens is 302 g/mol. The van der Waals surface area contributed by atoms with Crippen LogP contribution in [0.5, 0.6) is 0 Å². The lowest BCUT2D eigenvalue weighted by Gasteiger charge is -2.35. The van der Waals surface area contributed by atoms with Gasteiger partial charge in [-0.25, -0.2) is 4.98 Å². The number of nitro groups is 1. The molecule has 0 aliphatic carbocycles. The van der Waals surface area contributed by atoms with Crippen molar-refractivity contribution in [3.8, 4) is 0 Å². The molecule has 1 aromatic rings. The average molecular weight is 316 g/mol. The van der Waals surface area contributed by atoms with Crippen LogP contribution in [0.4, 0.5) is 11.5 Å². The summed E-state index contributed by atoms with van der Waals surface area (Å²) < 4.78 is 6.22. The molecule has 2 rings (SSSR count). The van der Waals surface area contributed by atoms with Gasteiger partial charge in [0.15, 0.2) is 0 Å². The number of halogens is 1. The molecule has 1 aliphatic heterocycles. The first-order valence-corrected chi connectivity index (χ1v) is 6.47. The number of rotatable bonds is 2. The van der Waals surface area contributed by atoms with Crippen molar-refractivity contribution in [2.45, 2.75) is 26.1 Å². The van der Waals surface area contributed by atoms with Crippen molar-refractivity contribution in [1.29, 1.82) is 0 Å². The molecule has 1 fully saturated rings. The maximum absolute atomic E-state index is 11.1. The topological polar surface area (TPSA) is 68.5 Å². The Hall–Kier alpha value is -1.21. The average Bonchev–Trinajstić information content (AvgIpc) is 2.27. The zero-order valence-electron chi connectivity index (χ0n) is 10.2. The van der Waals surface area contributed by atoms with Crippen LogP contribution in [-0.2, 0) is 4.74 Å². The Labute approximate surface area is 113 Å². The standard InChI is InChI=1S/C11H14BrN3O3/c1-7-5-14(6-8(2)18-7)11-10(15(16)17)3-9(12)4-13-11/h3-4,7-8H,5-6H2,1-2H3. The van der Waals surface area contributed by atoms with E-state index in [0.29, 0.717) is 23.4 Å². The summed E-state index contributed by atoms with van der Waals surface area (Å²) in [6.45, 7) is 5.13. The van der Waals surface area contributed by atoms with E-state index >= 15 is 0 Å². The maximum atomic E-state index is 11.1. The molecule has 2 atom stereocenters. The van der Waals surface area contributed by atoms with Crippen LogP contribution < -0.4 is 4.90 Å². The second-order valence-corrected chi connectivity index (χ2v) is 5.33. The van der Waals surface area contributed by atoms with Gasteiger partial charge in [-0.1, -0.05) is 0 Å². The number of ether oxygens (including phenoxy) is 1. The van der Waals surface area contributed by atoms with Gasteiger partial charge in [0.25, 0.3) is 0 Å². The first-order chi connectivity index (χ1) is 8.47. The van der Waals surface area contributed by atoms with Gasteiger partial charge in [-0.05, 0) is 29.8 Å². The van der Waals surface area contributed by atoms with Crippen molar-refractivity contribution in [2.75, 3.05) is 18.0 Å². The van der Waals surface area contributed by atoms with Crippen molar-refractivity contribution in [3.63, 3.8) is 0 Å². The van der Waals surface area contributed by atoms with Gasteiger partial charge in [0.1, 0.15) is 0 Å². The number of anilines is 1. The summed E-state index contributed by atoms with van der Waals surface area (Å²) in [7, 11) is 0. The third-order valence-corrected chi connectivity index (χ3v) is 3.16. The van der Waals surface area contributed by atoms with Crippen molar-refractivity contribution in [3.05, 3.63) is 26.9 Å². The lowest BCUT2D eigenvalue weighted by atomic mass is 10.2. The Morgan fingerprint density at radius 2 is 2.11 bits per heavy atom. The third kappa shape index (κ3) is 2.78. The smallest absolute Gasteiger partial charge is 0.312 e. The quantitative estimate of drug-likeness (QED) is 0.619. The molecule has 0 spiro atoms. The van der Waals surface area contributed by atoms with Crippen LogP contribution in [-0.4, -0.2) is 35.2 Å². The Morgan fingerprint density at radius 3 is 2.67 bits per heavy atom. The van der Waals surface area contributed by atoms with Crippen molar-refractivity contribution >= 4 is 27.4 Å². The summed E-state index contributed by atoms with van der Waals surface area (Å²) in [6, 6.07) is 1.48. The van der Waals surface area contributed by atoms with Gasteiger partial charge in [0, 0.05) is 29.8 Å². The predicted molar refractivity (Wildman–Crippen MR) is 70.8 cm³/mol. The van der Waals surface area contributed by atoms with Crippen LogP contribution in [0.25, 0.3) is 0 Å². The second-order valence-electron chi connectivity index (χ2n) is 4.42. The van der Waals surface area contributed by atoms with E-state index in [1.165, 1.54) is 6.07 Å². The lowest BCUT2D eigenvalue weighted by Crippen LogP contribution is -2.46. The van der Waals surface area contributed by atoms with Crippen LogP contribution in [0.15, 0.2) is 16.7 Å². The van der Waals surface area contributed by atoms with E-state index < -0.39 is 4.92 Å². The minimum atomic E-state index is -0.405. The van der Waals surface area contributed by atoms with E-state index in [-0.39, 0.29) is 17.9 Å². The summed E-state index contributed by atoms with van der Waals surface area (Å²) in [5.74, 6) is 0.408. The van der Waals surface area contributed by atoms with Crippen LogP contribution in [0.3, 0.4) is 0 Å². The van der Waals surface area contributed by atoms with E-state index in [1.807, 2.05) is 18.7 Å². The van der Waals surface area contributed by atoms with Gasteiger partial charge >= 0.3 is 5.69 Å². The fourth-order valence-corrected chi connectivity index (χ4v) is 2.47. The number of hydrogen-bond acceptors (Lipinski definition) is 5. The third-order valence-electron chi connectivity index (χ3n) is 2.73. The van der Waals surface area contributed by atoms with Crippen LogP contribution >= 0.6 is 15.9 Å². The largest absolute Gasteiger partial charge is 0.372 e. The molecule has 1 saturated heterocycles. The zero-order valence-corrected chi connectivity index (χ0v) is 11.8. The Balaban J connectivity index is 2.35. The van der Waals surface area contributed by atoms with E-state index in [0.717, 1.165) is 0 Å². The van der Waals surface area contributed by atoms with Gasteiger partial charge in [-0.15, -0.1) is 0 Å². The Bertz CT molecular complexity index is 459. The summed E-state index contributed by atoms with van der Waals surface area (Å²) in [5.41, 5.74) is 0.0191. The highest BCUT2D eigenvalue weighted by Gasteiger charge is 2.28. The molecule has 0 aromatic carbocycles. The van der Waals surface area contributed by atoms with Crippen molar-refractivity contribution < 1.29 is 9.66 Å². The van der Waals surface area contributed by atoms with Crippen molar-refractivity contribution in [1.82, 2.24) is 4.98 Å². The van der Waals surface area contributed by atoms with Gasteiger partial charge in [0.2, 0.25) is 5.82 Å². The molecule has 18 heavy (non-hydrogen) atoms.